The molecule has 0 amide bonds. The van der Waals surface area contributed by atoms with Gasteiger partial charge in [-0.2, -0.15) is 0 Å². The maximum atomic E-state index is 5.50. The Morgan fingerprint density at radius 1 is 1.44 bits per heavy atom. The first-order valence-corrected chi connectivity index (χ1v) is 5.35. The fourth-order valence-corrected chi connectivity index (χ4v) is 1.72. The van der Waals surface area contributed by atoms with Crippen LogP contribution in [-0.4, -0.2) is 10.9 Å². The zero-order chi connectivity index (χ0) is 11.5. The van der Waals surface area contributed by atoms with E-state index in [1.54, 1.807) is 6.20 Å². The molecule has 2 aromatic rings. The first-order chi connectivity index (χ1) is 7.70. The maximum absolute atomic E-state index is 5.50. The Morgan fingerprint density at radius 2 is 2.25 bits per heavy atom. The molecule has 0 aliphatic carbocycles. The third-order valence-electron chi connectivity index (χ3n) is 2.05. The molecule has 0 radical (unpaired) electrons. The number of fused-ring (bicyclic) bond motifs is 1. The normalized spacial score (nSPS) is 11.8. The van der Waals surface area contributed by atoms with Crippen LogP contribution in [0, 0.1) is 0 Å². The topological polar surface area (TPSA) is 89.3 Å². The summed E-state index contributed by atoms with van der Waals surface area (Å²) in [6.45, 7) is 0. The van der Waals surface area contributed by atoms with Crippen LogP contribution in [0.1, 0.15) is 0 Å². The third kappa shape index (κ3) is 2.12. The Hall–Kier alpha value is -1.66. The lowest BCUT2D eigenvalue weighted by Crippen LogP contribution is -2.36. The van der Waals surface area contributed by atoms with Gasteiger partial charge in [-0.05, 0) is 28.1 Å². The van der Waals surface area contributed by atoms with E-state index < -0.39 is 0 Å². The molecule has 0 saturated heterocycles. The molecular weight excluding hydrogens is 270 g/mol. The largest absolute Gasteiger partial charge is 0.369 e. The number of nitrogens with zero attached hydrogens (tertiary/aromatic N) is 2. The number of hydrogen-bond acceptors (Lipinski definition) is 3. The van der Waals surface area contributed by atoms with Crippen molar-refractivity contribution in [3.05, 3.63) is 34.9 Å². The SMILES string of the molecule is NNC(N)=Nc1cccc2cc(Br)cnc12. The molecule has 5 N–H and O–H groups in total. The van der Waals surface area contributed by atoms with Crippen molar-refractivity contribution in [1.29, 1.82) is 0 Å². The lowest BCUT2D eigenvalue weighted by Gasteiger charge is -2.03. The van der Waals surface area contributed by atoms with Crippen LogP contribution in [0.15, 0.2) is 39.9 Å². The molecule has 16 heavy (non-hydrogen) atoms. The summed E-state index contributed by atoms with van der Waals surface area (Å²) < 4.78 is 0.922. The number of benzene rings is 1. The zero-order valence-corrected chi connectivity index (χ0v) is 9.90. The lowest BCUT2D eigenvalue weighted by atomic mass is 10.2. The molecule has 0 atom stereocenters. The molecule has 0 fully saturated rings. The number of guanidine groups is 1. The molecule has 82 valence electrons. The van der Waals surface area contributed by atoms with Crippen LogP contribution < -0.4 is 17.0 Å². The van der Waals surface area contributed by atoms with Crippen LogP contribution in [0.5, 0.6) is 0 Å². The zero-order valence-electron chi connectivity index (χ0n) is 8.31. The van der Waals surface area contributed by atoms with Crippen molar-refractivity contribution in [2.75, 3.05) is 0 Å². The number of para-hydroxylation sites is 1. The standard InChI is InChI=1S/C10H10BrN5/c11-7-4-6-2-1-3-8(9(6)14-5-7)15-10(12)16-13/h1-5H,13H2,(H3,12,15,16). The fraction of sp³-hybridized carbons (Fsp3) is 0. The van der Waals surface area contributed by atoms with E-state index in [4.69, 9.17) is 11.6 Å². The van der Waals surface area contributed by atoms with Crippen LogP contribution in [0.25, 0.3) is 10.9 Å². The minimum atomic E-state index is 0.150. The number of hydrogen-bond donors (Lipinski definition) is 3. The Morgan fingerprint density at radius 3 is 3.00 bits per heavy atom. The van der Waals surface area contributed by atoms with Crippen molar-refractivity contribution in [2.45, 2.75) is 0 Å². The molecule has 6 heteroatoms. The minimum absolute atomic E-state index is 0.150. The molecule has 5 nitrogen and oxygen atoms in total. The molecule has 0 aliphatic heterocycles. The predicted molar refractivity (Wildman–Crippen MR) is 68.0 cm³/mol. The molecule has 0 aliphatic rings. The van der Waals surface area contributed by atoms with E-state index in [9.17, 15) is 0 Å². The number of nitrogens with one attached hydrogen (secondary N) is 1. The molecular formula is C10H10BrN5. The Bertz CT molecular complexity index is 552. The Kier molecular flexibility index (Phi) is 3.02. The molecule has 1 aromatic carbocycles. The van der Waals surface area contributed by atoms with Crippen LogP contribution in [0.4, 0.5) is 5.69 Å². The van der Waals surface area contributed by atoms with Gasteiger partial charge in [-0.1, -0.05) is 12.1 Å². The van der Waals surface area contributed by atoms with Gasteiger partial charge in [-0.25, -0.2) is 10.8 Å². The van der Waals surface area contributed by atoms with E-state index in [1.165, 1.54) is 0 Å². The second kappa shape index (κ2) is 4.46. The molecule has 0 unspecified atom stereocenters. The number of pyridine rings is 1. The van der Waals surface area contributed by atoms with Crippen LogP contribution in [0.2, 0.25) is 0 Å². The summed E-state index contributed by atoms with van der Waals surface area (Å²) in [6, 6.07) is 7.64. The predicted octanol–water partition coefficient (Wildman–Crippen LogP) is 1.41. The Balaban J connectivity index is 2.62. The van der Waals surface area contributed by atoms with E-state index >= 15 is 0 Å². The summed E-state index contributed by atoms with van der Waals surface area (Å²) in [6.07, 6.45) is 1.72. The Labute approximate surface area is 101 Å². The average molecular weight is 280 g/mol. The number of aliphatic imine (C=N–C) groups is 1. The fourth-order valence-electron chi connectivity index (χ4n) is 1.37. The van der Waals surface area contributed by atoms with E-state index in [0.717, 1.165) is 15.4 Å². The summed E-state index contributed by atoms with van der Waals surface area (Å²) >= 11 is 3.37. The van der Waals surface area contributed by atoms with E-state index in [2.05, 4.69) is 31.3 Å². The van der Waals surface area contributed by atoms with Gasteiger partial charge in [0.25, 0.3) is 0 Å². The smallest absolute Gasteiger partial charge is 0.208 e. The minimum Gasteiger partial charge on any atom is -0.369 e. The number of nitrogens with two attached hydrogens (primary N) is 2. The molecule has 1 aromatic heterocycles. The van der Waals surface area contributed by atoms with Gasteiger partial charge in [-0.3, -0.25) is 10.4 Å². The molecule has 0 bridgehead atoms. The van der Waals surface area contributed by atoms with Gasteiger partial charge < -0.3 is 5.73 Å². The van der Waals surface area contributed by atoms with Crippen molar-refractivity contribution in [3.63, 3.8) is 0 Å². The first-order valence-electron chi connectivity index (χ1n) is 4.56. The van der Waals surface area contributed by atoms with Gasteiger partial charge in [0, 0.05) is 16.1 Å². The highest BCUT2D eigenvalue weighted by Crippen LogP contribution is 2.25. The van der Waals surface area contributed by atoms with Gasteiger partial charge >= 0.3 is 0 Å². The van der Waals surface area contributed by atoms with Gasteiger partial charge in [0.15, 0.2) is 0 Å². The summed E-state index contributed by atoms with van der Waals surface area (Å²) in [4.78, 5) is 8.41. The maximum Gasteiger partial charge on any atom is 0.208 e. The monoisotopic (exact) mass is 279 g/mol. The van der Waals surface area contributed by atoms with Crippen molar-refractivity contribution in [2.24, 2.45) is 16.6 Å². The third-order valence-corrected chi connectivity index (χ3v) is 2.48. The molecule has 1 heterocycles. The van der Waals surface area contributed by atoms with E-state index in [1.807, 2.05) is 24.3 Å². The van der Waals surface area contributed by atoms with Crippen LogP contribution in [-0.2, 0) is 0 Å². The average Bonchev–Trinajstić information content (AvgIpc) is 2.28. The van der Waals surface area contributed by atoms with Crippen molar-refractivity contribution in [1.82, 2.24) is 10.4 Å². The van der Waals surface area contributed by atoms with Crippen molar-refractivity contribution in [3.8, 4) is 0 Å². The summed E-state index contributed by atoms with van der Waals surface area (Å²) in [5.41, 5.74) is 9.25. The number of rotatable bonds is 1. The van der Waals surface area contributed by atoms with E-state index in [0.29, 0.717) is 5.69 Å². The number of aromatic nitrogens is 1. The van der Waals surface area contributed by atoms with Crippen molar-refractivity contribution >= 4 is 38.5 Å². The highest BCUT2D eigenvalue weighted by molar-refractivity contribution is 9.10. The van der Waals surface area contributed by atoms with Gasteiger partial charge in [0.05, 0.1) is 11.2 Å². The first kappa shape index (κ1) is 10.8. The molecule has 2 rings (SSSR count). The number of halogens is 1. The van der Waals surface area contributed by atoms with E-state index in [-0.39, 0.29) is 5.96 Å². The highest BCUT2D eigenvalue weighted by Gasteiger charge is 2.02. The summed E-state index contributed by atoms with van der Waals surface area (Å²) in [5.74, 6) is 5.30. The second-order valence-corrected chi connectivity index (χ2v) is 4.06. The summed E-state index contributed by atoms with van der Waals surface area (Å²) in [5, 5.41) is 0.987. The quantitative estimate of drug-likeness (QED) is 0.319. The molecule has 0 spiro atoms. The van der Waals surface area contributed by atoms with Crippen LogP contribution >= 0.6 is 15.9 Å². The van der Waals surface area contributed by atoms with Crippen LogP contribution in [0.3, 0.4) is 0 Å². The summed E-state index contributed by atoms with van der Waals surface area (Å²) in [7, 11) is 0. The van der Waals surface area contributed by atoms with Gasteiger partial charge in [0.1, 0.15) is 0 Å². The highest BCUT2D eigenvalue weighted by atomic mass is 79.9. The second-order valence-electron chi connectivity index (χ2n) is 3.14. The van der Waals surface area contributed by atoms with Crippen molar-refractivity contribution < 1.29 is 0 Å². The number of hydrazine groups is 1. The van der Waals surface area contributed by atoms with Gasteiger partial charge in [0.2, 0.25) is 5.96 Å². The van der Waals surface area contributed by atoms with Gasteiger partial charge in [-0.15, -0.1) is 0 Å². The molecule has 0 saturated carbocycles. The lowest BCUT2D eigenvalue weighted by molar-refractivity contribution is 1.01.